The standard InChI is InChI=1S/C11H26NO3Si.C2F6NO4S2/c1-12(8-5-6-9-12)10-7-11-16(13-2,14-3)15-4;3-1(4,5)14(10,11)9-15(12,13)2(6,7)8/h5-11H2,1-4H3;/q+1;-1. The molecule has 0 bridgehead atoms. The molecule has 0 N–H and O–H groups in total. The Balaban J connectivity index is 0.000000582. The molecule has 31 heavy (non-hydrogen) atoms. The number of alkyl halides is 6. The molecule has 1 saturated heterocycles. The van der Waals surface area contributed by atoms with E-state index in [9.17, 15) is 43.2 Å². The van der Waals surface area contributed by atoms with Crippen molar-refractivity contribution in [2.24, 2.45) is 0 Å². The van der Waals surface area contributed by atoms with E-state index in [0.717, 1.165) is 16.6 Å². The summed E-state index contributed by atoms with van der Waals surface area (Å²) >= 11 is 0. The van der Waals surface area contributed by atoms with E-state index in [-0.39, 0.29) is 0 Å². The summed E-state index contributed by atoms with van der Waals surface area (Å²) in [5.41, 5.74) is -12.4. The van der Waals surface area contributed by atoms with Crippen LogP contribution in [0.25, 0.3) is 4.13 Å². The maximum absolute atomic E-state index is 11.4. The lowest BCUT2D eigenvalue weighted by Crippen LogP contribution is -2.46. The molecule has 188 valence electrons. The van der Waals surface area contributed by atoms with Crippen molar-refractivity contribution in [2.75, 3.05) is 48.0 Å². The van der Waals surface area contributed by atoms with Crippen molar-refractivity contribution in [3.8, 4) is 0 Å². The van der Waals surface area contributed by atoms with Gasteiger partial charge in [0, 0.05) is 46.6 Å². The lowest BCUT2D eigenvalue weighted by Gasteiger charge is -2.31. The maximum atomic E-state index is 11.4. The van der Waals surface area contributed by atoms with Gasteiger partial charge in [0.1, 0.15) is 0 Å². The maximum Gasteiger partial charge on any atom is 0.500 e. The third-order valence-electron chi connectivity index (χ3n) is 4.54. The molecule has 0 amide bonds. The summed E-state index contributed by atoms with van der Waals surface area (Å²) in [5, 5.41) is 0. The molecule has 1 rings (SSSR count). The van der Waals surface area contributed by atoms with Gasteiger partial charge < -0.3 is 21.9 Å². The number of halogens is 6. The molecule has 18 heteroatoms. The van der Waals surface area contributed by atoms with Gasteiger partial charge in [-0.2, -0.15) is 26.3 Å². The minimum Gasteiger partial charge on any atom is -0.421 e. The predicted octanol–water partition coefficient (Wildman–Crippen LogP) is 2.55. The molecule has 0 aromatic carbocycles. The van der Waals surface area contributed by atoms with Gasteiger partial charge in [-0.05, 0) is 0 Å². The Morgan fingerprint density at radius 1 is 0.839 bits per heavy atom. The predicted molar refractivity (Wildman–Crippen MR) is 99.5 cm³/mol. The highest BCUT2D eigenvalue weighted by Crippen LogP contribution is 2.36. The lowest BCUT2D eigenvalue weighted by atomic mass is 10.4. The molecule has 0 spiro atoms. The van der Waals surface area contributed by atoms with Crippen molar-refractivity contribution >= 4 is 28.9 Å². The largest absolute Gasteiger partial charge is 0.500 e. The summed E-state index contributed by atoms with van der Waals surface area (Å²) in [6.45, 7) is 3.85. The number of hydrogen-bond acceptors (Lipinski definition) is 7. The van der Waals surface area contributed by atoms with Crippen LogP contribution in [0, 0.1) is 0 Å². The first kappa shape index (κ1) is 30.5. The molecular formula is C13H26F6N2O7S2Si. The van der Waals surface area contributed by atoms with Gasteiger partial charge >= 0.3 is 19.8 Å². The van der Waals surface area contributed by atoms with Crippen molar-refractivity contribution in [2.45, 2.75) is 36.3 Å². The highest BCUT2D eigenvalue weighted by molar-refractivity contribution is 8.13. The van der Waals surface area contributed by atoms with Crippen LogP contribution >= 0.6 is 0 Å². The zero-order valence-corrected chi connectivity index (χ0v) is 19.9. The summed E-state index contributed by atoms with van der Waals surface area (Å²) in [6.07, 6.45) is 3.87. The number of likely N-dealkylation sites (tertiary alicyclic amines) is 1. The molecule has 0 radical (unpaired) electrons. The Morgan fingerprint density at radius 3 is 1.48 bits per heavy atom. The Kier molecular flexibility index (Phi) is 10.9. The zero-order valence-electron chi connectivity index (χ0n) is 17.3. The smallest absolute Gasteiger partial charge is 0.421 e. The van der Waals surface area contributed by atoms with Gasteiger partial charge in [-0.25, -0.2) is 16.8 Å². The molecule has 1 aliphatic heterocycles. The van der Waals surface area contributed by atoms with E-state index in [2.05, 4.69) is 7.05 Å². The second-order valence-corrected chi connectivity index (χ2v) is 13.3. The third kappa shape index (κ3) is 9.10. The minimum absolute atomic E-state index is 0.778. The molecule has 0 aliphatic carbocycles. The zero-order chi connectivity index (χ0) is 24.8. The highest BCUT2D eigenvalue weighted by Gasteiger charge is 2.47. The molecule has 1 aliphatic rings. The van der Waals surface area contributed by atoms with E-state index < -0.39 is 39.9 Å². The summed E-state index contributed by atoms with van der Waals surface area (Å²) < 4.78 is 127. The molecule has 0 saturated carbocycles. The van der Waals surface area contributed by atoms with Crippen LogP contribution in [-0.4, -0.2) is 89.2 Å². The molecule has 9 nitrogen and oxygen atoms in total. The van der Waals surface area contributed by atoms with Gasteiger partial charge in [0.05, 0.1) is 26.7 Å². The Morgan fingerprint density at radius 2 is 1.19 bits per heavy atom. The topological polar surface area (TPSA) is 110 Å². The van der Waals surface area contributed by atoms with Crippen LogP contribution in [0.5, 0.6) is 0 Å². The third-order valence-corrected chi connectivity index (χ3v) is 10.1. The molecule has 1 heterocycles. The van der Waals surface area contributed by atoms with Crippen LogP contribution in [0.1, 0.15) is 19.3 Å². The van der Waals surface area contributed by atoms with Crippen molar-refractivity contribution in [3.63, 3.8) is 0 Å². The molecule has 1 fully saturated rings. The van der Waals surface area contributed by atoms with Crippen LogP contribution in [0.2, 0.25) is 6.04 Å². The summed E-state index contributed by atoms with van der Waals surface area (Å²) in [6, 6.07) is 0.921. The van der Waals surface area contributed by atoms with Gasteiger partial charge in [-0.1, -0.05) is 0 Å². The van der Waals surface area contributed by atoms with Gasteiger partial charge in [0.15, 0.2) is 20.0 Å². The summed E-state index contributed by atoms with van der Waals surface area (Å²) in [7, 11) is -8.37. The summed E-state index contributed by atoms with van der Waals surface area (Å²) in [5.74, 6) is 0. The average Bonchev–Trinajstić information content (AvgIpc) is 3.04. The molecule has 0 aromatic heterocycles. The Labute approximate surface area is 178 Å². The van der Waals surface area contributed by atoms with Gasteiger partial charge in [-0.3, -0.25) is 0 Å². The second kappa shape index (κ2) is 11.1. The summed E-state index contributed by atoms with van der Waals surface area (Å²) in [4.78, 5) is 0. The van der Waals surface area contributed by atoms with Gasteiger partial charge in [0.25, 0.3) is 0 Å². The van der Waals surface area contributed by atoms with Crippen LogP contribution < -0.4 is 0 Å². The van der Waals surface area contributed by atoms with Crippen molar-refractivity contribution in [3.05, 3.63) is 4.13 Å². The van der Waals surface area contributed by atoms with Crippen molar-refractivity contribution < 1.29 is 60.9 Å². The fraction of sp³-hybridized carbons (Fsp3) is 1.00. The van der Waals surface area contributed by atoms with E-state index in [4.69, 9.17) is 13.3 Å². The van der Waals surface area contributed by atoms with Crippen molar-refractivity contribution in [1.29, 1.82) is 0 Å². The van der Waals surface area contributed by atoms with Crippen molar-refractivity contribution in [1.82, 2.24) is 0 Å². The van der Waals surface area contributed by atoms with E-state index in [0.29, 0.717) is 0 Å². The molecule has 0 aromatic rings. The van der Waals surface area contributed by atoms with Gasteiger partial charge in [-0.15, -0.1) is 0 Å². The monoisotopic (exact) mass is 528 g/mol. The van der Waals surface area contributed by atoms with E-state index in [1.807, 2.05) is 0 Å². The van der Waals surface area contributed by atoms with Crippen LogP contribution in [0.15, 0.2) is 0 Å². The minimum atomic E-state index is -6.72. The molecular weight excluding hydrogens is 502 g/mol. The normalized spacial score (nSPS) is 17.9. The average molecular weight is 529 g/mol. The first-order chi connectivity index (χ1) is 13.8. The number of quaternary nitrogens is 1. The van der Waals surface area contributed by atoms with E-state index in [1.165, 1.54) is 37.0 Å². The fourth-order valence-corrected chi connectivity index (χ4v) is 6.18. The number of rotatable bonds is 9. The first-order valence-corrected chi connectivity index (χ1v) is 13.5. The fourth-order valence-electron chi connectivity index (χ4n) is 2.77. The SMILES string of the molecule is CO[Si](CCC[N+]1(C)CCCC1)(OC)OC.O=S(=O)([N-]S(=O)(=O)C(F)(F)F)C(F)(F)F. The van der Waals surface area contributed by atoms with E-state index >= 15 is 0 Å². The lowest BCUT2D eigenvalue weighted by molar-refractivity contribution is -0.897. The quantitative estimate of drug-likeness (QED) is 0.257. The molecule has 0 unspecified atom stereocenters. The number of hydrogen-bond donors (Lipinski definition) is 0. The first-order valence-electron chi connectivity index (χ1n) is 8.66. The second-order valence-electron chi connectivity index (χ2n) is 6.81. The van der Waals surface area contributed by atoms with Crippen LogP contribution in [0.3, 0.4) is 0 Å². The number of sulfonamides is 2. The molecule has 0 atom stereocenters. The Hall–Kier alpha value is -0.503. The van der Waals surface area contributed by atoms with Gasteiger partial charge in [0.2, 0.25) is 0 Å². The Bertz CT molecular complexity index is 714. The van der Waals surface area contributed by atoms with Crippen LogP contribution in [-0.2, 0) is 33.3 Å². The van der Waals surface area contributed by atoms with Crippen LogP contribution in [0.4, 0.5) is 26.3 Å². The number of nitrogens with zero attached hydrogens (tertiary/aromatic N) is 2. The highest BCUT2D eigenvalue weighted by atomic mass is 32.3. The van der Waals surface area contributed by atoms with E-state index in [1.54, 1.807) is 21.3 Å².